The Morgan fingerprint density at radius 1 is 0.921 bits per heavy atom. The molecule has 0 radical (unpaired) electrons. The molecule has 5 rings (SSSR count). The molecule has 190 valence electrons. The van der Waals surface area contributed by atoms with Crippen LogP contribution in [0.25, 0.3) is 27.8 Å². The maximum absolute atomic E-state index is 12.6. The monoisotopic (exact) mass is 523 g/mol. The van der Waals surface area contributed by atoms with Crippen LogP contribution in [-0.4, -0.2) is 46.9 Å². The van der Waals surface area contributed by atoms with Crippen molar-refractivity contribution in [3.63, 3.8) is 0 Å². The largest absolute Gasteiger partial charge is 0.493 e. The molecule has 9 heteroatoms. The summed E-state index contributed by atoms with van der Waals surface area (Å²) in [7, 11) is 3.18. The van der Waals surface area contributed by atoms with Gasteiger partial charge in [0.2, 0.25) is 0 Å². The third-order valence-electron chi connectivity index (χ3n) is 5.84. The topological polar surface area (TPSA) is 90.6 Å². The lowest BCUT2D eigenvalue weighted by molar-refractivity contribution is -0.118. The van der Waals surface area contributed by atoms with Gasteiger partial charge in [-0.3, -0.25) is 9.36 Å². The minimum atomic E-state index is -0.248. The predicted octanol–water partition coefficient (Wildman–Crippen LogP) is 5.35. The Hall–Kier alpha value is -4.63. The highest BCUT2D eigenvalue weighted by Crippen LogP contribution is 2.34. The number of nitrogens with one attached hydrogen (secondary N) is 1. The molecule has 0 aliphatic rings. The second-order valence-corrected chi connectivity index (χ2v) is 9.14. The third-order valence-corrected chi connectivity index (χ3v) is 6.77. The van der Waals surface area contributed by atoms with Crippen molar-refractivity contribution in [3.8, 4) is 28.6 Å². The standard InChI is InChI=1S/C29H25N5O3S/c1-36-25-16-15-21(17-26(25)37-2)28-32-33-29(34(28)23-12-4-3-5-13-23)38-19-27(35)31-30-18-22-11-8-10-20-9-6-7-14-24(20)22/h3-18H,19H2,1-2H3,(H,31,35). The van der Waals surface area contributed by atoms with E-state index in [0.717, 1.165) is 27.6 Å². The van der Waals surface area contributed by atoms with Crippen molar-refractivity contribution in [2.75, 3.05) is 20.0 Å². The minimum Gasteiger partial charge on any atom is -0.493 e. The molecule has 0 saturated heterocycles. The van der Waals surface area contributed by atoms with E-state index in [-0.39, 0.29) is 11.7 Å². The maximum atomic E-state index is 12.6. The molecule has 5 aromatic rings. The lowest BCUT2D eigenvalue weighted by Crippen LogP contribution is -2.20. The number of hydrogen-bond donors (Lipinski definition) is 1. The van der Waals surface area contributed by atoms with Crippen LogP contribution >= 0.6 is 11.8 Å². The van der Waals surface area contributed by atoms with E-state index in [2.05, 4.69) is 20.7 Å². The summed E-state index contributed by atoms with van der Waals surface area (Å²) in [4.78, 5) is 12.6. The molecule has 1 heterocycles. The number of thioether (sulfide) groups is 1. The van der Waals surface area contributed by atoms with Crippen LogP contribution in [-0.2, 0) is 4.79 Å². The summed E-state index contributed by atoms with van der Waals surface area (Å²) in [5.41, 5.74) is 5.22. The van der Waals surface area contributed by atoms with Crippen molar-refractivity contribution in [2.24, 2.45) is 5.10 Å². The van der Waals surface area contributed by atoms with Gasteiger partial charge in [-0.15, -0.1) is 10.2 Å². The molecular formula is C29H25N5O3S. The minimum absolute atomic E-state index is 0.115. The first-order valence-electron chi connectivity index (χ1n) is 11.8. The lowest BCUT2D eigenvalue weighted by atomic mass is 10.1. The number of benzene rings is 4. The number of hydrogen-bond acceptors (Lipinski definition) is 7. The first kappa shape index (κ1) is 25.0. The number of aromatic nitrogens is 3. The van der Waals surface area contributed by atoms with Crippen molar-refractivity contribution in [2.45, 2.75) is 5.16 Å². The van der Waals surface area contributed by atoms with E-state index in [9.17, 15) is 4.79 Å². The zero-order valence-corrected chi connectivity index (χ0v) is 21.7. The molecule has 0 saturated carbocycles. The molecule has 0 spiro atoms. The number of nitrogens with zero attached hydrogens (tertiary/aromatic N) is 4. The summed E-state index contributed by atoms with van der Waals surface area (Å²) in [5.74, 6) is 1.70. The van der Waals surface area contributed by atoms with Gasteiger partial charge in [0.1, 0.15) is 0 Å². The van der Waals surface area contributed by atoms with E-state index in [1.807, 2.05) is 95.6 Å². The quantitative estimate of drug-likeness (QED) is 0.159. The third kappa shape index (κ3) is 5.37. The van der Waals surface area contributed by atoms with Gasteiger partial charge in [-0.2, -0.15) is 5.10 Å². The van der Waals surface area contributed by atoms with E-state index in [0.29, 0.717) is 22.5 Å². The highest BCUT2D eigenvalue weighted by molar-refractivity contribution is 7.99. The maximum Gasteiger partial charge on any atom is 0.250 e. The number of para-hydroxylation sites is 1. The van der Waals surface area contributed by atoms with Crippen LogP contribution < -0.4 is 14.9 Å². The molecule has 1 amide bonds. The van der Waals surface area contributed by atoms with Crippen LogP contribution in [0.5, 0.6) is 11.5 Å². The Morgan fingerprint density at radius 2 is 1.68 bits per heavy atom. The number of fused-ring (bicyclic) bond motifs is 1. The molecule has 0 fully saturated rings. The molecule has 1 aromatic heterocycles. The normalized spacial score (nSPS) is 11.1. The van der Waals surface area contributed by atoms with Gasteiger partial charge in [0.15, 0.2) is 22.5 Å². The van der Waals surface area contributed by atoms with Gasteiger partial charge in [-0.25, -0.2) is 5.43 Å². The van der Waals surface area contributed by atoms with Crippen LogP contribution in [0.3, 0.4) is 0 Å². The second-order valence-electron chi connectivity index (χ2n) is 8.20. The van der Waals surface area contributed by atoms with Crippen molar-refractivity contribution in [1.82, 2.24) is 20.2 Å². The van der Waals surface area contributed by atoms with E-state index < -0.39 is 0 Å². The SMILES string of the molecule is COc1ccc(-c2nnc(SCC(=O)NN=Cc3cccc4ccccc34)n2-c2ccccc2)cc1OC. The summed E-state index contributed by atoms with van der Waals surface area (Å²) in [6.45, 7) is 0. The van der Waals surface area contributed by atoms with Gasteiger partial charge in [0, 0.05) is 16.8 Å². The summed E-state index contributed by atoms with van der Waals surface area (Å²) in [6, 6.07) is 29.3. The summed E-state index contributed by atoms with van der Waals surface area (Å²) >= 11 is 1.28. The van der Waals surface area contributed by atoms with Crippen LogP contribution in [0.2, 0.25) is 0 Å². The molecule has 38 heavy (non-hydrogen) atoms. The molecule has 0 atom stereocenters. The van der Waals surface area contributed by atoms with Crippen molar-refractivity contribution >= 4 is 34.7 Å². The number of hydrazone groups is 1. The van der Waals surface area contributed by atoms with Crippen molar-refractivity contribution in [3.05, 3.63) is 96.6 Å². The van der Waals surface area contributed by atoms with Crippen LogP contribution in [0.1, 0.15) is 5.56 Å². The summed E-state index contributed by atoms with van der Waals surface area (Å²) in [5, 5.41) is 15.8. The number of carbonyl (C=O) groups is 1. The second kappa shape index (κ2) is 11.6. The molecule has 0 aliphatic heterocycles. The summed E-state index contributed by atoms with van der Waals surface area (Å²) < 4.78 is 12.7. The zero-order chi connectivity index (χ0) is 26.3. The Morgan fingerprint density at radius 3 is 2.50 bits per heavy atom. The Labute approximate surface area is 224 Å². The highest BCUT2D eigenvalue weighted by atomic mass is 32.2. The van der Waals surface area contributed by atoms with E-state index in [1.165, 1.54) is 11.8 Å². The molecule has 1 N–H and O–H groups in total. The van der Waals surface area contributed by atoms with Gasteiger partial charge in [-0.05, 0) is 41.1 Å². The van der Waals surface area contributed by atoms with Crippen LogP contribution in [0.15, 0.2) is 101 Å². The van der Waals surface area contributed by atoms with E-state index in [1.54, 1.807) is 20.4 Å². The molecule has 0 bridgehead atoms. The van der Waals surface area contributed by atoms with Gasteiger partial charge in [0.05, 0.1) is 26.2 Å². The van der Waals surface area contributed by atoms with Crippen molar-refractivity contribution < 1.29 is 14.3 Å². The van der Waals surface area contributed by atoms with Crippen LogP contribution in [0.4, 0.5) is 0 Å². The number of amides is 1. The van der Waals surface area contributed by atoms with Gasteiger partial charge in [-0.1, -0.05) is 72.4 Å². The molecule has 4 aromatic carbocycles. The number of rotatable bonds is 9. The van der Waals surface area contributed by atoms with Gasteiger partial charge in [0.25, 0.3) is 5.91 Å². The number of methoxy groups -OCH3 is 2. The lowest BCUT2D eigenvalue weighted by Gasteiger charge is -2.12. The zero-order valence-electron chi connectivity index (χ0n) is 20.9. The van der Waals surface area contributed by atoms with Crippen LogP contribution in [0, 0.1) is 0 Å². The Balaban J connectivity index is 1.34. The Kier molecular flexibility index (Phi) is 7.65. The number of ether oxygens (including phenoxy) is 2. The fourth-order valence-electron chi connectivity index (χ4n) is 4.03. The van der Waals surface area contributed by atoms with Gasteiger partial charge < -0.3 is 9.47 Å². The fraction of sp³-hybridized carbons (Fsp3) is 0.103. The average Bonchev–Trinajstić information content (AvgIpc) is 3.40. The van der Waals surface area contributed by atoms with E-state index >= 15 is 0 Å². The molecular weight excluding hydrogens is 498 g/mol. The molecule has 8 nitrogen and oxygen atoms in total. The van der Waals surface area contributed by atoms with E-state index in [4.69, 9.17) is 9.47 Å². The average molecular weight is 524 g/mol. The summed E-state index contributed by atoms with van der Waals surface area (Å²) in [6.07, 6.45) is 1.66. The van der Waals surface area contributed by atoms with Gasteiger partial charge >= 0.3 is 0 Å². The fourth-order valence-corrected chi connectivity index (χ4v) is 4.78. The first-order valence-corrected chi connectivity index (χ1v) is 12.8. The molecule has 0 aliphatic carbocycles. The molecule has 0 unspecified atom stereocenters. The first-order chi connectivity index (χ1) is 18.7. The predicted molar refractivity (Wildman–Crippen MR) is 150 cm³/mol. The smallest absolute Gasteiger partial charge is 0.250 e. The number of carbonyl (C=O) groups excluding carboxylic acids is 1. The Bertz CT molecular complexity index is 1600. The highest BCUT2D eigenvalue weighted by Gasteiger charge is 2.18. The van der Waals surface area contributed by atoms with Crippen molar-refractivity contribution in [1.29, 1.82) is 0 Å².